The SMILES string of the molecule is CCCn1c(=NC(=O)COc2ccc(Cl)cc2)sc2c(OC)ccc(OC)c21. The van der Waals surface area contributed by atoms with Crippen LogP contribution < -0.4 is 19.0 Å². The maximum atomic E-state index is 12.4. The van der Waals surface area contributed by atoms with Crippen LogP contribution in [0.25, 0.3) is 10.2 Å². The molecule has 3 aromatic rings. The summed E-state index contributed by atoms with van der Waals surface area (Å²) >= 11 is 7.25. The number of hydrogen-bond donors (Lipinski definition) is 0. The molecule has 28 heavy (non-hydrogen) atoms. The minimum absolute atomic E-state index is 0.156. The van der Waals surface area contributed by atoms with Crippen molar-refractivity contribution in [2.45, 2.75) is 19.9 Å². The maximum absolute atomic E-state index is 12.4. The number of aryl methyl sites for hydroxylation is 1. The van der Waals surface area contributed by atoms with Gasteiger partial charge in [0.2, 0.25) is 0 Å². The molecule has 1 aromatic heterocycles. The molecule has 1 heterocycles. The third-order valence-electron chi connectivity index (χ3n) is 4.04. The lowest BCUT2D eigenvalue weighted by atomic mass is 10.3. The second-order valence-corrected chi connectivity index (χ2v) is 7.35. The summed E-state index contributed by atoms with van der Waals surface area (Å²) in [5.74, 6) is 1.63. The summed E-state index contributed by atoms with van der Waals surface area (Å²) in [6, 6.07) is 10.5. The van der Waals surface area contributed by atoms with Crippen LogP contribution in [0.5, 0.6) is 17.2 Å². The summed E-state index contributed by atoms with van der Waals surface area (Å²) in [7, 11) is 3.24. The van der Waals surface area contributed by atoms with E-state index in [-0.39, 0.29) is 12.5 Å². The summed E-state index contributed by atoms with van der Waals surface area (Å²) < 4.78 is 19.4. The summed E-state index contributed by atoms with van der Waals surface area (Å²) in [5.41, 5.74) is 0.874. The number of hydrogen-bond acceptors (Lipinski definition) is 5. The molecule has 0 unspecified atom stereocenters. The normalized spacial score (nSPS) is 11.6. The minimum Gasteiger partial charge on any atom is -0.495 e. The Balaban J connectivity index is 1.97. The number of rotatable bonds is 7. The number of methoxy groups -OCH3 is 2. The van der Waals surface area contributed by atoms with E-state index in [1.165, 1.54) is 11.3 Å². The molecular weight excluding hydrogens is 400 g/mol. The second-order valence-electron chi connectivity index (χ2n) is 5.93. The van der Waals surface area contributed by atoms with E-state index in [2.05, 4.69) is 11.9 Å². The smallest absolute Gasteiger partial charge is 0.286 e. The number of benzene rings is 2. The average Bonchev–Trinajstić information content (AvgIpc) is 3.05. The predicted octanol–water partition coefficient (Wildman–Crippen LogP) is 4.29. The highest BCUT2D eigenvalue weighted by molar-refractivity contribution is 7.16. The summed E-state index contributed by atoms with van der Waals surface area (Å²) in [5, 5.41) is 0.608. The van der Waals surface area contributed by atoms with Crippen LogP contribution in [0.3, 0.4) is 0 Å². The van der Waals surface area contributed by atoms with Gasteiger partial charge in [-0.05, 0) is 42.8 Å². The van der Waals surface area contributed by atoms with E-state index >= 15 is 0 Å². The molecule has 0 bridgehead atoms. The van der Waals surface area contributed by atoms with Gasteiger partial charge in [-0.25, -0.2) is 0 Å². The fraction of sp³-hybridized carbons (Fsp3) is 0.300. The van der Waals surface area contributed by atoms with Crippen LogP contribution in [-0.2, 0) is 11.3 Å². The first-order chi connectivity index (χ1) is 13.6. The van der Waals surface area contributed by atoms with Crippen molar-refractivity contribution in [1.82, 2.24) is 4.57 Å². The van der Waals surface area contributed by atoms with Gasteiger partial charge >= 0.3 is 0 Å². The Bertz CT molecular complexity index is 1040. The summed E-state index contributed by atoms with van der Waals surface area (Å²) in [6.07, 6.45) is 0.884. The Morgan fingerprint density at radius 3 is 2.43 bits per heavy atom. The predicted molar refractivity (Wildman–Crippen MR) is 111 cm³/mol. The van der Waals surface area contributed by atoms with Crippen molar-refractivity contribution in [3.63, 3.8) is 0 Å². The largest absolute Gasteiger partial charge is 0.495 e. The number of halogens is 1. The molecule has 1 amide bonds. The Kier molecular flexibility index (Phi) is 6.59. The highest BCUT2D eigenvalue weighted by atomic mass is 35.5. The number of fused-ring (bicyclic) bond motifs is 1. The molecule has 0 aliphatic carbocycles. The van der Waals surface area contributed by atoms with Crippen molar-refractivity contribution in [1.29, 1.82) is 0 Å². The topological polar surface area (TPSA) is 62.1 Å². The summed E-state index contributed by atoms with van der Waals surface area (Å²) in [6.45, 7) is 2.61. The van der Waals surface area contributed by atoms with E-state index in [9.17, 15) is 4.79 Å². The molecule has 3 rings (SSSR count). The van der Waals surface area contributed by atoms with Gasteiger partial charge < -0.3 is 18.8 Å². The van der Waals surface area contributed by atoms with Crippen LogP contribution in [-0.4, -0.2) is 31.3 Å². The lowest BCUT2D eigenvalue weighted by molar-refractivity contribution is -0.120. The van der Waals surface area contributed by atoms with E-state index in [0.717, 1.165) is 22.4 Å². The molecule has 0 saturated heterocycles. The molecule has 0 N–H and O–H groups in total. The molecule has 0 fully saturated rings. The Labute approximate surface area is 171 Å². The van der Waals surface area contributed by atoms with Gasteiger partial charge in [0.1, 0.15) is 27.5 Å². The third kappa shape index (κ3) is 4.31. The van der Waals surface area contributed by atoms with Crippen molar-refractivity contribution in [2.24, 2.45) is 4.99 Å². The lowest BCUT2D eigenvalue weighted by Crippen LogP contribution is -2.19. The molecule has 6 nitrogen and oxygen atoms in total. The molecular formula is C20H21ClN2O4S. The van der Waals surface area contributed by atoms with Crippen molar-refractivity contribution < 1.29 is 19.0 Å². The van der Waals surface area contributed by atoms with Crippen LogP contribution >= 0.6 is 22.9 Å². The fourth-order valence-corrected chi connectivity index (χ4v) is 4.09. The van der Waals surface area contributed by atoms with Gasteiger partial charge in [0.25, 0.3) is 5.91 Å². The average molecular weight is 421 g/mol. The van der Waals surface area contributed by atoms with Crippen molar-refractivity contribution >= 4 is 39.1 Å². The minimum atomic E-state index is -0.371. The van der Waals surface area contributed by atoms with E-state index in [1.807, 2.05) is 16.7 Å². The number of amides is 1. The van der Waals surface area contributed by atoms with Crippen LogP contribution in [0, 0.1) is 0 Å². The van der Waals surface area contributed by atoms with Crippen molar-refractivity contribution in [3.05, 3.63) is 46.2 Å². The van der Waals surface area contributed by atoms with E-state index in [4.69, 9.17) is 25.8 Å². The zero-order chi connectivity index (χ0) is 20.1. The third-order valence-corrected chi connectivity index (χ3v) is 5.38. The molecule has 0 spiro atoms. The molecule has 0 aliphatic heterocycles. The molecule has 0 saturated carbocycles. The van der Waals surface area contributed by atoms with Gasteiger partial charge in [-0.15, -0.1) is 0 Å². The number of carbonyl (C=O) groups is 1. The van der Waals surface area contributed by atoms with Crippen molar-refractivity contribution in [2.75, 3.05) is 20.8 Å². The monoisotopic (exact) mass is 420 g/mol. The van der Waals surface area contributed by atoms with Gasteiger partial charge in [-0.1, -0.05) is 29.9 Å². The van der Waals surface area contributed by atoms with Crippen LogP contribution in [0.4, 0.5) is 0 Å². The zero-order valence-corrected chi connectivity index (χ0v) is 17.5. The Morgan fingerprint density at radius 1 is 1.11 bits per heavy atom. The molecule has 0 radical (unpaired) electrons. The molecule has 0 aliphatic rings. The Hall–Kier alpha value is -2.51. The molecule has 2 aromatic carbocycles. The number of nitrogens with zero attached hydrogens (tertiary/aromatic N) is 2. The summed E-state index contributed by atoms with van der Waals surface area (Å²) in [4.78, 5) is 17.3. The van der Waals surface area contributed by atoms with Crippen LogP contribution in [0.1, 0.15) is 13.3 Å². The number of carbonyl (C=O) groups excluding carboxylic acids is 1. The maximum Gasteiger partial charge on any atom is 0.286 e. The highest BCUT2D eigenvalue weighted by Gasteiger charge is 2.16. The standard InChI is InChI=1S/C20H21ClN2O4S/c1-4-11-23-18-15(25-2)9-10-16(26-3)19(18)28-20(23)22-17(24)12-27-14-7-5-13(21)6-8-14/h5-10H,4,11-12H2,1-3H3. The first-order valence-corrected chi connectivity index (χ1v) is 9.97. The van der Waals surface area contributed by atoms with Gasteiger partial charge in [0.05, 0.1) is 14.2 Å². The fourth-order valence-electron chi connectivity index (χ4n) is 2.79. The lowest BCUT2D eigenvalue weighted by Gasteiger charge is -2.09. The number of ether oxygens (including phenoxy) is 3. The van der Waals surface area contributed by atoms with Crippen molar-refractivity contribution in [3.8, 4) is 17.2 Å². The quantitative estimate of drug-likeness (QED) is 0.572. The molecule has 8 heteroatoms. The van der Waals surface area contributed by atoms with Gasteiger partial charge in [0.15, 0.2) is 11.4 Å². The first kappa shape index (κ1) is 20.2. The van der Waals surface area contributed by atoms with Crippen LogP contribution in [0.15, 0.2) is 41.4 Å². The molecule has 148 valence electrons. The van der Waals surface area contributed by atoms with E-state index < -0.39 is 0 Å². The second kappa shape index (κ2) is 9.12. The molecule has 0 atom stereocenters. The van der Waals surface area contributed by atoms with E-state index in [1.54, 1.807) is 38.5 Å². The van der Waals surface area contributed by atoms with Gasteiger partial charge in [0, 0.05) is 11.6 Å². The van der Waals surface area contributed by atoms with Crippen LogP contribution in [0.2, 0.25) is 5.02 Å². The first-order valence-electron chi connectivity index (χ1n) is 8.77. The number of aromatic nitrogens is 1. The van der Waals surface area contributed by atoms with E-state index in [0.29, 0.717) is 27.9 Å². The number of thiazole rings is 1. The van der Waals surface area contributed by atoms with Gasteiger partial charge in [-0.2, -0.15) is 4.99 Å². The Morgan fingerprint density at radius 2 is 1.79 bits per heavy atom. The van der Waals surface area contributed by atoms with Gasteiger partial charge in [-0.3, -0.25) is 4.79 Å². The highest BCUT2D eigenvalue weighted by Crippen LogP contribution is 2.35. The zero-order valence-electron chi connectivity index (χ0n) is 15.9.